The van der Waals surface area contributed by atoms with Gasteiger partial charge >= 0.3 is 0 Å². The zero-order valence-electron chi connectivity index (χ0n) is 17.5. The summed E-state index contributed by atoms with van der Waals surface area (Å²) in [5, 5.41) is 6.03. The molecule has 0 spiro atoms. The molecule has 1 atom stereocenters. The number of piperidine rings is 1. The molecule has 3 aromatic rings. The number of piperazine rings is 1. The summed E-state index contributed by atoms with van der Waals surface area (Å²) in [6.45, 7) is 6.69. The topological polar surface area (TPSA) is 65.7 Å². The van der Waals surface area contributed by atoms with Gasteiger partial charge in [0.15, 0.2) is 11.5 Å². The first-order chi connectivity index (χ1) is 15.3. The van der Waals surface area contributed by atoms with E-state index in [2.05, 4.69) is 26.0 Å². The molecule has 2 aliphatic heterocycles. The Balaban J connectivity index is 1.14. The van der Waals surface area contributed by atoms with Gasteiger partial charge in [-0.1, -0.05) is 17.3 Å². The maximum Gasteiger partial charge on any atom is 0.276 e. The number of anilines is 1. The first kappa shape index (κ1) is 20.2. The third kappa shape index (κ3) is 4.65. The fraction of sp³-hybridized carbons (Fsp3) is 0.435. The summed E-state index contributed by atoms with van der Waals surface area (Å²) >= 11 is 1.58. The van der Waals surface area contributed by atoms with Crippen molar-refractivity contribution in [2.24, 2.45) is 5.92 Å². The molecule has 1 unspecified atom stereocenters. The van der Waals surface area contributed by atoms with Gasteiger partial charge in [-0.05, 0) is 42.3 Å². The molecule has 5 heterocycles. The standard InChI is InChI=1S/C23H27N5O2S/c29-23(19-15-20(30-25-19)21-6-4-14-31-21)28-9-3-5-18(17-28)16-26-10-12-27(13-11-26)22-7-1-2-8-24-22/h1-2,4,6-8,14-15,18H,3,5,9-13,16-17H2. The third-order valence-corrected chi connectivity index (χ3v) is 7.05. The lowest BCUT2D eigenvalue weighted by Crippen LogP contribution is -2.50. The van der Waals surface area contributed by atoms with Crippen molar-refractivity contribution < 1.29 is 9.32 Å². The van der Waals surface area contributed by atoms with Crippen molar-refractivity contribution in [2.45, 2.75) is 12.8 Å². The summed E-state index contributed by atoms with van der Waals surface area (Å²) in [4.78, 5) is 25.3. The van der Waals surface area contributed by atoms with E-state index in [1.165, 1.54) is 6.42 Å². The van der Waals surface area contributed by atoms with Gasteiger partial charge in [0.25, 0.3) is 5.91 Å². The maximum absolute atomic E-state index is 13.0. The van der Waals surface area contributed by atoms with E-state index in [0.717, 1.165) is 62.9 Å². The minimum absolute atomic E-state index is 0.0174. The van der Waals surface area contributed by atoms with E-state index >= 15 is 0 Å². The number of likely N-dealkylation sites (tertiary alicyclic amines) is 1. The molecular formula is C23H27N5O2S. The Morgan fingerprint density at radius 2 is 2.03 bits per heavy atom. The summed E-state index contributed by atoms with van der Waals surface area (Å²) in [5.41, 5.74) is 0.410. The van der Waals surface area contributed by atoms with Crippen LogP contribution in [0.3, 0.4) is 0 Å². The predicted octanol–water partition coefficient (Wildman–Crippen LogP) is 3.47. The van der Waals surface area contributed by atoms with Gasteiger partial charge in [0.1, 0.15) is 5.82 Å². The first-order valence-corrected chi connectivity index (χ1v) is 11.8. The number of rotatable bonds is 5. The van der Waals surface area contributed by atoms with Gasteiger partial charge in [-0.15, -0.1) is 11.3 Å². The van der Waals surface area contributed by atoms with E-state index in [-0.39, 0.29) is 5.91 Å². The van der Waals surface area contributed by atoms with Gasteiger partial charge in [0.2, 0.25) is 0 Å². The molecule has 2 aliphatic rings. The molecule has 2 fully saturated rings. The number of nitrogens with zero attached hydrogens (tertiary/aromatic N) is 5. The second-order valence-electron chi connectivity index (χ2n) is 8.29. The van der Waals surface area contributed by atoms with E-state index < -0.39 is 0 Å². The van der Waals surface area contributed by atoms with Crippen LogP contribution in [-0.2, 0) is 0 Å². The van der Waals surface area contributed by atoms with Gasteiger partial charge < -0.3 is 14.3 Å². The number of aromatic nitrogens is 2. The molecule has 0 N–H and O–H groups in total. The Morgan fingerprint density at radius 3 is 2.81 bits per heavy atom. The Bertz CT molecular complexity index is 983. The molecule has 0 radical (unpaired) electrons. The zero-order valence-corrected chi connectivity index (χ0v) is 18.3. The quantitative estimate of drug-likeness (QED) is 0.609. The minimum Gasteiger partial charge on any atom is -0.355 e. The number of amides is 1. The van der Waals surface area contributed by atoms with E-state index in [0.29, 0.717) is 17.4 Å². The molecule has 2 saturated heterocycles. The smallest absolute Gasteiger partial charge is 0.276 e. The third-order valence-electron chi connectivity index (χ3n) is 6.16. The SMILES string of the molecule is O=C(c1cc(-c2cccs2)on1)N1CCCC(CN2CCN(c3ccccn3)CC2)C1. The number of hydrogen-bond donors (Lipinski definition) is 0. The van der Waals surface area contributed by atoms with Crippen LogP contribution in [0.4, 0.5) is 5.82 Å². The first-order valence-electron chi connectivity index (χ1n) is 10.9. The van der Waals surface area contributed by atoms with Crippen molar-refractivity contribution in [1.82, 2.24) is 19.9 Å². The maximum atomic E-state index is 13.0. The van der Waals surface area contributed by atoms with Crippen LogP contribution in [0.15, 0.2) is 52.5 Å². The van der Waals surface area contributed by atoms with Crippen molar-refractivity contribution in [3.8, 4) is 10.6 Å². The van der Waals surface area contributed by atoms with E-state index in [9.17, 15) is 4.79 Å². The van der Waals surface area contributed by atoms with Crippen molar-refractivity contribution in [3.05, 3.63) is 53.7 Å². The molecular weight excluding hydrogens is 410 g/mol. The van der Waals surface area contributed by atoms with Crippen LogP contribution in [-0.4, -0.2) is 71.7 Å². The van der Waals surface area contributed by atoms with Crippen LogP contribution in [0.1, 0.15) is 23.3 Å². The molecule has 8 heteroatoms. The number of thiophene rings is 1. The van der Waals surface area contributed by atoms with Gasteiger partial charge in [-0.3, -0.25) is 9.69 Å². The van der Waals surface area contributed by atoms with Crippen molar-refractivity contribution in [1.29, 1.82) is 0 Å². The molecule has 3 aromatic heterocycles. The van der Waals surface area contributed by atoms with Crippen molar-refractivity contribution in [2.75, 3.05) is 50.7 Å². The number of carbonyl (C=O) groups excluding carboxylic acids is 1. The monoisotopic (exact) mass is 437 g/mol. The lowest BCUT2D eigenvalue weighted by molar-refractivity contribution is 0.0627. The highest BCUT2D eigenvalue weighted by Crippen LogP contribution is 2.26. The lowest BCUT2D eigenvalue weighted by Gasteiger charge is -2.39. The average molecular weight is 438 g/mol. The highest BCUT2D eigenvalue weighted by molar-refractivity contribution is 7.13. The van der Waals surface area contributed by atoms with E-state index in [1.54, 1.807) is 17.4 Å². The molecule has 0 aliphatic carbocycles. The summed E-state index contributed by atoms with van der Waals surface area (Å²) in [5.74, 6) is 2.21. The number of hydrogen-bond acceptors (Lipinski definition) is 7. The second kappa shape index (κ2) is 9.20. The average Bonchev–Trinajstić information content (AvgIpc) is 3.52. The fourth-order valence-electron chi connectivity index (χ4n) is 4.54. The highest BCUT2D eigenvalue weighted by Gasteiger charge is 2.29. The van der Waals surface area contributed by atoms with Gasteiger partial charge in [-0.25, -0.2) is 4.98 Å². The lowest BCUT2D eigenvalue weighted by atomic mass is 9.96. The molecule has 1 amide bonds. The van der Waals surface area contributed by atoms with Crippen molar-refractivity contribution in [3.63, 3.8) is 0 Å². The Hall–Kier alpha value is -2.71. The molecule has 0 saturated carbocycles. The van der Waals surface area contributed by atoms with E-state index in [4.69, 9.17) is 4.52 Å². The van der Waals surface area contributed by atoms with Gasteiger partial charge in [0, 0.05) is 58.1 Å². The largest absolute Gasteiger partial charge is 0.355 e. The molecule has 0 bridgehead atoms. The summed E-state index contributed by atoms with van der Waals surface area (Å²) < 4.78 is 5.41. The van der Waals surface area contributed by atoms with Crippen LogP contribution < -0.4 is 4.90 Å². The summed E-state index contributed by atoms with van der Waals surface area (Å²) in [6.07, 6.45) is 4.07. The fourth-order valence-corrected chi connectivity index (χ4v) is 5.21. The summed E-state index contributed by atoms with van der Waals surface area (Å²) in [7, 11) is 0. The van der Waals surface area contributed by atoms with Gasteiger partial charge in [0.05, 0.1) is 4.88 Å². The van der Waals surface area contributed by atoms with Crippen LogP contribution in [0.25, 0.3) is 10.6 Å². The highest BCUT2D eigenvalue weighted by atomic mass is 32.1. The Labute approximate surface area is 186 Å². The normalized spacial score (nSPS) is 20.2. The second-order valence-corrected chi connectivity index (χ2v) is 9.24. The molecule has 7 nitrogen and oxygen atoms in total. The number of pyridine rings is 1. The predicted molar refractivity (Wildman–Crippen MR) is 121 cm³/mol. The van der Waals surface area contributed by atoms with Crippen molar-refractivity contribution >= 4 is 23.1 Å². The molecule has 162 valence electrons. The Morgan fingerprint density at radius 1 is 1.13 bits per heavy atom. The number of carbonyl (C=O) groups is 1. The molecule has 0 aromatic carbocycles. The van der Waals surface area contributed by atoms with Crippen LogP contribution in [0.2, 0.25) is 0 Å². The molecule has 31 heavy (non-hydrogen) atoms. The molecule has 5 rings (SSSR count). The van der Waals surface area contributed by atoms with Crippen LogP contribution >= 0.6 is 11.3 Å². The zero-order chi connectivity index (χ0) is 21.0. The van der Waals surface area contributed by atoms with Crippen LogP contribution in [0, 0.1) is 5.92 Å². The van der Waals surface area contributed by atoms with Crippen LogP contribution in [0.5, 0.6) is 0 Å². The summed E-state index contributed by atoms with van der Waals surface area (Å²) in [6, 6.07) is 11.8. The van der Waals surface area contributed by atoms with Gasteiger partial charge in [-0.2, -0.15) is 0 Å². The minimum atomic E-state index is -0.0174. The van der Waals surface area contributed by atoms with E-state index in [1.807, 2.05) is 40.7 Å². The Kier molecular flexibility index (Phi) is 5.99.